The number of nitrogens with zero attached hydrogens (tertiary/aromatic N) is 3. The minimum atomic E-state index is -0.735. The van der Waals surface area contributed by atoms with E-state index >= 15 is 0 Å². The third-order valence-electron chi connectivity index (χ3n) is 5.69. The van der Waals surface area contributed by atoms with Crippen molar-refractivity contribution in [3.05, 3.63) is 75.7 Å². The van der Waals surface area contributed by atoms with Crippen LogP contribution in [0.1, 0.15) is 54.2 Å². The van der Waals surface area contributed by atoms with Crippen LogP contribution in [0.15, 0.2) is 53.3 Å². The van der Waals surface area contributed by atoms with Crippen LogP contribution in [0.2, 0.25) is 0 Å². The van der Waals surface area contributed by atoms with Crippen molar-refractivity contribution in [2.24, 2.45) is 5.73 Å². The van der Waals surface area contributed by atoms with E-state index in [0.29, 0.717) is 23.2 Å². The Bertz CT molecular complexity index is 1190. The molecule has 4 rings (SSSR count). The normalized spacial score (nSPS) is 13.5. The molecular formula is C24H26N4O3. The Morgan fingerprint density at radius 2 is 1.74 bits per heavy atom. The lowest BCUT2D eigenvalue weighted by Crippen LogP contribution is -2.39. The van der Waals surface area contributed by atoms with Gasteiger partial charge in [0.05, 0.1) is 5.39 Å². The Morgan fingerprint density at radius 1 is 1.10 bits per heavy atom. The van der Waals surface area contributed by atoms with E-state index in [-0.39, 0.29) is 24.2 Å². The van der Waals surface area contributed by atoms with Gasteiger partial charge in [-0.2, -0.15) is 5.10 Å². The summed E-state index contributed by atoms with van der Waals surface area (Å²) in [6.07, 6.45) is 1.89. The lowest BCUT2D eigenvalue weighted by molar-refractivity contribution is -0.133. The van der Waals surface area contributed by atoms with Crippen molar-refractivity contribution >= 4 is 22.6 Å². The van der Waals surface area contributed by atoms with Crippen molar-refractivity contribution < 1.29 is 9.59 Å². The molecule has 2 N–H and O–H groups in total. The Morgan fingerprint density at radius 3 is 2.32 bits per heavy atom. The van der Waals surface area contributed by atoms with Gasteiger partial charge in [0.1, 0.15) is 6.54 Å². The maximum absolute atomic E-state index is 13.2. The molecule has 3 aromatic rings. The molecule has 1 heterocycles. The molecule has 0 unspecified atom stereocenters. The second-order valence-electron chi connectivity index (χ2n) is 8.37. The van der Waals surface area contributed by atoms with Crippen LogP contribution in [0.3, 0.4) is 0 Å². The monoisotopic (exact) mass is 418 g/mol. The van der Waals surface area contributed by atoms with Crippen LogP contribution in [-0.4, -0.2) is 32.5 Å². The number of benzene rings is 2. The number of nitrogens with two attached hydrogens (primary N) is 1. The van der Waals surface area contributed by atoms with Gasteiger partial charge in [-0.15, -0.1) is 0 Å². The lowest BCUT2D eigenvalue weighted by Gasteiger charge is -2.23. The second-order valence-corrected chi connectivity index (χ2v) is 8.37. The van der Waals surface area contributed by atoms with Gasteiger partial charge in [0.15, 0.2) is 5.69 Å². The molecule has 0 bridgehead atoms. The van der Waals surface area contributed by atoms with Gasteiger partial charge >= 0.3 is 0 Å². The molecular weight excluding hydrogens is 392 g/mol. The summed E-state index contributed by atoms with van der Waals surface area (Å²) in [5, 5.41) is 4.84. The SMILES string of the molecule is CC(C)c1ccc(CN(C(=O)Cn2nc(C(N)=O)c3ccccc3c2=O)C2CC2)cc1. The zero-order valence-corrected chi connectivity index (χ0v) is 17.7. The zero-order chi connectivity index (χ0) is 22.1. The van der Waals surface area contributed by atoms with Gasteiger partial charge < -0.3 is 10.6 Å². The van der Waals surface area contributed by atoms with E-state index in [1.54, 1.807) is 29.2 Å². The number of aromatic nitrogens is 2. The fourth-order valence-corrected chi connectivity index (χ4v) is 3.76. The largest absolute Gasteiger partial charge is 0.364 e. The van der Waals surface area contributed by atoms with Gasteiger partial charge in [0.2, 0.25) is 5.91 Å². The van der Waals surface area contributed by atoms with E-state index in [1.165, 1.54) is 5.56 Å². The third kappa shape index (κ3) is 4.35. The number of primary amides is 1. The van der Waals surface area contributed by atoms with E-state index in [4.69, 9.17) is 5.73 Å². The van der Waals surface area contributed by atoms with Crippen LogP contribution in [-0.2, 0) is 17.9 Å². The number of rotatable bonds is 7. The number of carbonyl (C=O) groups excluding carboxylic acids is 2. The molecule has 2 amide bonds. The van der Waals surface area contributed by atoms with Gasteiger partial charge in [-0.3, -0.25) is 14.4 Å². The quantitative estimate of drug-likeness (QED) is 0.638. The van der Waals surface area contributed by atoms with Crippen molar-refractivity contribution in [1.29, 1.82) is 0 Å². The van der Waals surface area contributed by atoms with E-state index in [1.807, 2.05) is 12.1 Å². The third-order valence-corrected chi connectivity index (χ3v) is 5.69. The number of hydrogen-bond donors (Lipinski definition) is 1. The van der Waals surface area contributed by atoms with Crippen LogP contribution in [0.25, 0.3) is 10.8 Å². The molecule has 160 valence electrons. The first-order valence-corrected chi connectivity index (χ1v) is 10.5. The molecule has 7 nitrogen and oxygen atoms in total. The summed E-state index contributed by atoms with van der Waals surface area (Å²) in [4.78, 5) is 39.7. The minimum Gasteiger partial charge on any atom is -0.364 e. The smallest absolute Gasteiger partial charge is 0.275 e. The topological polar surface area (TPSA) is 98.3 Å². The molecule has 0 radical (unpaired) electrons. The van der Waals surface area contributed by atoms with Crippen LogP contribution < -0.4 is 11.3 Å². The fourth-order valence-electron chi connectivity index (χ4n) is 3.76. The number of fused-ring (bicyclic) bond motifs is 1. The molecule has 0 atom stereocenters. The van der Waals surface area contributed by atoms with Crippen LogP contribution >= 0.6 is 0 Å². The fraction of sp³-hybridized carbons (Fsp3) is 0.333. The number of carbonyl (C=O) groups is 2. The average Bonchev–Trinajstić information content (AvgIpc) is 3.59. The van der Waals surface area contributed by atoms with Crippen molar-refractivity contribution in [1.82, 2.24) is 14.7 Å². The van der Waals surface area contributed by atoms with Gasteiger partial charge in [-0.1, -0.05) is 56.3 Å². The Balaban J connectivity index is 1.61. The van der Waals surface area contributed by atoms with Gasteiger partial charge in [0, 0.05) is 18.0 Å². The summed E-state index contributed by atoms with van der Waals surface area (Å²) in [6.45, 7) is 4.53. The first-order chi connectivity index (χ1) is 14.8. The maximum atomic E-state index is 13.2. The van der Waals surface area contributed by atoms with Crippen molar-refractivity contribution in [3.63, 3.8) is 0 Å². The molecule has 0 saturated heterocycles. The van der Waals surface area contributed by atoms with E-state index in [9.17, 15) is 14.4 Å². The predicted molar refractivity (Wildman–Crippen MR) is 119 cm³/mol. The molecule has 1 saturated carbocycles. The van der Waals surface area contributed by atoms with Gasteiger partial charge in [0.25, 0.3) is 11.5 Å². The molecule has 1 aliphatic carbocycles. The molecule has 1 fully saturated rings. The van der Waals surface area contributed by atoms with E-state index < -0.39 is 11.5 Å². The maximum Gasteiger partial charge on any atom is 0.275 e. The first-order valence-electron chi connectivity index (χ1n) is 10.5. The van der Waals surface area contributed by atoms with Gasteiger partial charge in [-0.05, 0) is 36.0 Å². The van der Waals surface area contributed by atoms with Crippen LogP contribution in [0.4, 0.5) is 0 Å². The molecule has 0 aliphatic heterocycles. The Hall–Kier alpha value is -3.48. The highest BCUT2D eigenvalue weighted by atomic mass is 16.2. The first kappa shape index (κ1) is 20.8. The summed E-state index contributed by atoms with van der Waals surface area (Å²) < 4.78 is 1.06. The number of amides is 2. The van der Waals surface area contributed by atoms with Crippen molar-refractivity contribution in [2.45, 2.75) is 51.7 Å². The Labute approximate surface area is 180 Å². The van der Waals surface area contributed by atoms with E-state index in [2.05, 4.69) is 31.1 Å². The van der Waals surface area contributed by atoms with Gasteiger partial charge in [-0.25, -0.2) is 4.68 Å². The highest BCUT2D eigenvalue weighted by Gasteiger charge is 2.33. The predicted octanol–water partition coefficient (Wildman–Crippen LogP) is 2.81. The lowest BCUT2D eigenvalue weighted by atomic mass is 10.0. The highest BCUT2D eigenvalue weighted by molar-refractivity contribution is 6.04. The zero-order valence-electron chi connectivity index (χ0n) is 17.7. The summed E-state index contributed by atoms with van der Waals surface area (Å²) in [7, 11) is 0. The highest BCUT2D eigenvalue weighted by Crippen LogP contribution is 2.29. The summed E-state index contributed by atoms with van der Waals surface area (Å²) in [5.74, 6) is -0.488. The second kappa shape index (κ2) is 8.34. The molecule has 31 heavy (non-hydrogen) atoms. The summed E-state index contributed by atoms with van der Waals surface area (Å²) in [5.41, 5.74) is 7.34. The molecule has 1 aliphatic rings. The van der Waals surface area contributed by atoms with Crippen LogP contribution in [0.5, 0.6) is 0 Å². The molecule has 7 heteroatoms. The molecule has 0 spiro atoms. The molecule has 2 aromatic carbocycles. The Kier molecular flexibility index (Phi) is 5.59. The summed E-state index contributed by atoms with van der Waals surface area (Å²) >= 11 is 0. The van der Waals surface area contributed by atoms with E-state index in [0.717, 1.165) is 23.1 Å². The summed E-state index contributed by atoms with van der Waals surface area (Å²) in [6, 6.07) is 15.1. The van der Waals surface area contributed by atoms with Crippen LogP contribution in [0, 0.1) is 0 Å². The number of hydrogen-bond acceptors (Lipinski definition) is 4. The van der Waals surface area contributed by atoms with Crippen molar-refractivity contribution in [2.75, 3.05) is 0 Å². The molecule has 1 aromatic heterocycles. The minimum absolute atomic E-state index is 0.00903. The standard InChI is InChI=1S/C24H26N4O3/c1-15(2)17-9-7-16(8-10-17)13-27(18-11-12-18)21(29)14-28-24(31)20-6-4-3-5-19(20)22(26-28)23(25)30/h3-10,15,18H,11-14H2,1-2H3,(H2,25,30). The average molecular weight is 418 g/mol. The van der Waals surface area contributed by atoms with Crippen molar-refractivity contribution in [3.8, 4) is 0 Å².